The van der Waals surface area contributed by atoms with Crippen LogP contribution in [0.5, 0.6) is 5.75 Å². The predicted molar refractivity (Wildman–Crippen MR) is 79.3 cm³/mol. The highest BCUT2D eigenvalue weighted by molar-refractivity contribution is 14.1. The first-order valence-corrected chi connectivity index (χ1v) is 6.99. The molecule has 0 amide bonds. The molecule has 0 aliphatic heterocycles. The van der Waals surface area contributed by atoms with Gasteiger partial charge in [0.05, 0.1) is 27.5 Å². The quantitative estimate of drug-likeness (QED) is 0.445. The van der Waals surface area contributed by atoms with Crippen molar-refractivity contribution in [3.8, 4) is 11.8 Å². The minimum atomic E-state index is 0.251. The van der Waals surface area contributed by atoms with Gasteiger partial charge in [-0.15, -0.1) is 0 Å². The molecule has 18 heavy (non-hydrogen) atoms. The monoisotopic (exact) mass is 360 g/mol. The number of nitrogens with zero attached hydrogens (tertiary/aromatic N) is 1. The summed E-state index contributed by atoms with van der Waals surface area (Å²) in [5.74, 6) is 0.664. The van der Waals surface area contributed by atoms with Crippen molar-refractivity contribution in [3.63, 3.8) is 0 Å². The number of nitrogen functional groups attached to an aromatic ring is 1. The summed E-state index contributed by atoms with van der Waals surface area (Å²) in [5.41, 5.74) is 6.90. The van der Waals surface area contributed by atoms with Crippen LogP contribution in [-0.2, 0) is 0 Å². The second-order valence-electron chi connectivity index (χ2n) is 3.97. The third-order valence-electron chi connectivity index (χ3n) is 2.50. The summed E-state index contributed by atoms with van der Waals surface area (Å²) in [7, 11) is 0. The highest BCUT2D eigenvalue weighted by Gasteiger charge is 2.08. The van der Waals surface area contributed by atoms with Gasteiger partial charge in [0.25, 0.3) is 0 Å². The van der Waals surface area contributed by atoms with Gasteiger partial charge in [-0.05, 0) is 54.0 Å². The van der Waals surface area contributed by atoms with E-state index in [0.717, 1.165) is 29.3 Å². The van der Waals surface area contributed by atoms with Gasteiger partial charge in [-0.2, -0.15) is 5.26 Å². The van der Waals surface area contributed by atoms with E-state index >= 15 is 0 Å². The number of ether oxygens (including phenoxy) is 1. The van der Waals surface area contributed by atoms with Gasteiger partial charge in [0.15, 0.2) is 5.75 Å². The number of unbranched alkanes of at least 4 members (excludes halogenated alkanes) is 3. The van der Waals surface area contributed by atoms with Crippen molar-refractivity contribution in [1.29, 1.82) is 5.26 Å². The lowest BCUT2D eigenvalue weighted by Gasteiger charge is -2.11. The molecular weight excluding hydrogens is 343 g/mol. The molecule has 0 saturated carbocycles. The first kappa shape index (κ1) is 15.1. The molecule has 98 valence electrons. The Morgan fingerprint density at radius 2 is 2.00 bits per heavy atom. The van der Waals surface area contributed by atoms with E-state index < -0.39 is 0 Å². The Kier molecular flexibility index (Phi) is 6.83. The lowest BCUT2D eigenvalue weighted by Crippen LogP contribution is -2.03. The first-order valence-electron chi connectivity index (χ1n) is 5.91. The average molecular weight is 360 g/mol. The van der Waals surface area contributed by atoms with Gasteiger partial charge in [0.1, 0.15) is 0 Å². The Morgan fingerprint density at radius 1 is 1.28 bits per heavy atom. The summed E-state index contributed by atoms with van der Waals surface area (Å²) in [6, 6.07) is 5.45. The number of anilines is 1. The van der Waals surface area contributed by atoms with Crippen molar-refractivity contribution >= 4 is 28.3 Å². The SMILES string of the molecule is N#Cc1cc(N)c(OCCCCCCO)c(I)c1. The lowest BCUT2D eigenvalue weighted by molar-refractivity contribution is 0.273. The van der Waals surface area contributed by atoms with E-state index in [0.29, 0.717) is 23.6 Å². The Balaban J connectivity index is 2.45. The van der Waals surface area contributed by atoms with Gasteiger partial charge in [0, 0.05) is 6.61 Å². The lowest BCUT2D eigenvalue weighted by atomic mass is 10.2. The molecule has 0 radical (unpaired) electrons. The Hall–Kier alpha value is -1.00. The fourth-order valence-electron chi connectivity index (χ4n) is 1.57. The summed E-state index contributed by atoms with van der Waals surface area (Å²) in [5, 5.41) is 17.5. The van der Waals surface area contributed by atoms with E-state index in [-0.39, 0.29) is 6.61 Å². The minimum absolute atomic E-state index is 0.251. The molecule has 0 saturated heterocycles. The maximum Gasteiger partial charge on any atom is 0.155 e. The molecule has 0 fully saturated rings. The third kappa shape index (κ3) is 4.70. The van der Waals surface area contributed by atoms with E-state index in [4.69, 9.17) is 20.8 Å². The molecular formula is C13H17IN2O2. The predicted octanol–water partition coefficient (Wildman–Crippen LogP) is 2.68. The van der Waals surface area contributed by atoms with E-state index in [1.165, 1.54) is 0 Å². The number of nitriles is 1. The van der Waals surface area contributed by atoms with Crippen LogP contribution in [0.4, 0.5) is 5.69 Å². The molecule has 0 aliphatic rings. The molecule has 4 nitrogen and oxygen atoms in total. The fourth-order valence-corrected chi connectivity index (χ4v) is 2.38. The number of hydrogen-bond acceptors (Lipinski definition) is 4. The number of aliphatic hydroxyl groups is 1. The molecule has 1 aromatic carbocycles. The van der Waals surface area contributed by atoms with Gasteiger partial charge >= 0.3 is 0 Å². The normalized spacial score (nSPS) is 10.1. The third-order valence-corrected chi connectivity index (χ3v) is 3.30. The number of nitrogens with two attached hydrogens (primary N) is 1. The molecule has 0 aromatic heterocycles. The smallest absolute Gasteiger partial charge is 0.155 e. The number of hydrogen-bond donors (Lipinski definition) is 2. The summed E-state index contributed by atoms with van der Waals surface area (Å²) < 4.78 is 6.50. The van der Waals surface area contributed by atoms with Crippen molar-refractivity contribution in [2.24, 2.45) is 0 Å². The molecule has 0 spiro atoms. The van der Waals surface area contributed by atoms with E-state index in [1.807, 2.05) is 0 Å². The number of benzene rings is 1. The van der Waals surface area contributed by atoms with E-state index in [9.17, 15) is 0 Å². The van der Waals surface area contributed by atoms with Crippen LogP contribution in [0.25, 0.3) is 0 Å². The van der Waals surface area contributed by atoms with Crippen LogP contribution in [0.1, 0.15) is 31.2 Å². The summed E-state index contributed by atoms with van der Waals surface area (Å²) in [4.78, 5) is 0. The zero-order valence-corrected chi connectivity index (χ0v) is 12.3. The molecule has 5 heteroatoms. The number of halogens is 1. The number of aliphatic hydroxyl groups excluding tert-OH is 1. The molecule has 0 bridgehead atoms. The Morgan fingerprint density at radius 3 is 2.61 bits per heavy atom. The van der Waals surface area contributed by atoms with Crippen LogP contribution in [0.15, 0.2) is 12.1 Å². The van der Waals surface area contributed by atoms with Crippen LogP contribution in [0, 0.1) is 14.9 Å². The Bertz CT molecular complexity index is 406. The van der Waals surface area contributed by atoms with Crippen molar-refractivity contribution in [1.82, 2.24) is 0 Å². The maximum absolute atomic E-state index is 8.80. The topological polar surface area (TPSA) is 79.3 Å². The van der Waals surface area contributed by atoms with Gasteiger partial charge in [-0.25, -0.2) is 0 Å². The molecule has 0 aliphatic carbocycles. The van der Waals surface area contributed by atoms with E-state index in [2.05, 4.69) is 28.7 Å². The average Bonchev–Trinajstić information content (AvgIpc) is 2.35. The maximum atomic E-state index is 8.80. The zero-order chi connectivity index (χ0) is 13.4. The summed E-state index contributed by atoms with van der Waals surface area (Å²) in [6.45, 7) is 0.860. The summed E-state index contributed by atoms with van der Waals surface area (Å²) in [6.07, 6.45) is 3.83. The molecule has 0 heterocycles. The van der Waals surface area contributed by atoms with Crippen molar-refractivity contribution < 1.29 is 9.84 Å². The van der Waals surface area contributed by atoms with E-state index in [1.54, 1.807) is 12.1 Å². The second-order valence-corrected chi connectivity index (χ2v) is 5.14. The van der Waals surface area contributed by atoms with Crippen molar-refractivity contribution in [2.45, 2.75) is 25.7 Å². The molecule has 0 unspecified atom stereocenters. The molecule has 3 N–H and O–H groups in total. The van der Waals surface area contributed by atoms with Crippen LogP contribution in [0.3, 0.4) is 0 Å². The van der Waals surface area contributed by atoms with Crippen LogP contribution >= 0.6 is 22.6 Å². The van der Waals surface area contributed by atoms with Crippen molar-refractivity contribution in [2.75, 3.05) is 18.9 Å². The van der Waals surface area contributed by atoms with Gasteiger partial charge in [-0.3, -0.25) is 0 Å². The van der Waals surface area contributed by atoms with Crippen LogP contribution in [0.2, 0.25) is 0 Å². The highest BCUT2D eigenvalue weighted by Crippen LogP contribution is 2.29. The van der Waals surface area contributed by atoms with Gasteiger partial charge in [0.2, 0.25) is 0 Å². The minimum Gasteiger partial charge on any atom is -0.490 e. The van der Waals surface area contributed by atoms with Crippen LogP contribution in [-0.4, -0.2) is 18.3 Å². The largest absolute Gasteiger partial charge is 0.490 e. The zero-order valence-electron chi connectivity index (χ0n) is 10.2. The standard InChI is InChI=1S/C13H17IN2O2/c14-11-7-10(9-15)8-12(16)13(11)18-6-4-2-1-3-5-17/h7-8,17H,1-6,16H2. The van der Waals surface area contributed by atoms with Gasteiger partial charge < -0.3 is 15.6 Å². The summed E-state index contributed by atoms with van der Waals surface area (Å²) >= 11 is 2.12. The van der Waals surface area contributed by atoms with Gasteiger partial charge in [-0.1, -0.05) is 6.42 Å². The van der Waals surface area contributed by atoms with Crippen molar-refractivity contribution in [3.05, 3.63) is 21.3 Å². The van der Waals surface area contributed by atoms with Crippen LogP contribution < -0.4 is 10.5 Å². The fraction of sp³-hybridized carbons (Fsp3) is 0.462. The highest BCUT2D eigenvalue weighted by atomic mass is 127. The first-order chi connectivity index (χ1) is 8.69. The molecule has 1 rings (SSSR count). The second kappa shape index (κ2) is 8.16. The molecule has 0 atom stereocenters. The molecule has 1 aromatic rings. The Labute approximate surface area is 121 Å². The number of rotatable bonds is 7.